The third-order valence-electron chi connectivity index (χ3n) is 4.54. The van der Waals surface area contributed by atoms with Crippen molar-refractivity contribution in [2.45, 2.75) is 31.4 Å². The molecule has 0 spiro atoms. The summed E-state index contributed by atoms with van der Waals surface area (Å²) in [6, 6.07) is 0.00123. The molecule has 6 heteroatoms. The lowest BCUT2D eigenvalue weighted by Gasteiger charge is -2.36. The number of rotatable bonds is 2. The molecule has 2 amide bonds. The summed E-state index contributed by atoms with van der Waals surface area (Å²) in [6.07, 6.45) is 6.04. The van der Waals surface area contributed by atoms with Gasteiger partial charge in [0.1, 0.15) is 6.10 Å². The first-order valence-electron chi connectivity index (χ1n) is 7.78. The molecule has 3 unspecified atom stereocenters. The van der Waals surface area contributed by atoms with E-state index in [2.05, 4.69) is 0 Å². The van der Waals surface area contributed by atoms with Gasteiger partial charge in [-0.2, -0.15) is 0 Å². The number of carbonyl (C=O) groups is 2. The quantitative estimate of drug-likeness (QED) is 0.712. The molecule has 0 aromatic carbocycles. The van der Waals surface area contributed by atoms with Crippen molar-refractivity contribution in [2.24, 2.45) is 11.7 Å². The number of hydrogen-bond acceptors (Lipinski definition) is 4. The molecule has 2 heterocycles. The van der Waals surface area contributed by atoms with Crippen LogP contribution in [0.5, 0.6) is 0 Å². The largest absolute Gasteiger partial charge is 0.368 e. The van der Waals surface area contributed by atoms with Crippen LogP contribution in [0.2, 0.25) is 0 Å². The summed E-state index contributed by atoms with van der Waals surface area (Å²) in [5.74, 6) is 0.145. The molecule has 2 aliphatic heterocycles. The van der Waals surface area contributed by atoms with Crippen LogP contribution < -0.4 is 5.73 Å². The number of piperazine rings is 1. The average Bonchev–Trinajstić information content (AvgIpc) is 3.17. The van der Waals surface area contributed by atoms with E-state index in [0.717, 1.165) is 12.8 Å². The van der Waals surface area contributed by atoms with Gasteiger partial charge < -0.3 is 20.3 Å². The van der Waals surface area contributed by atoms with Gasteiger partial charge in [0, 0.05) is 38.8 Å². The zero-order chi connectivity index (χ0) is 14.8. The highest BCUT2D eigenvalue weighted by Crippen LogP contribution is 2.21. The Bertz CT molecular complexity index is 437. The normalized spacial score (nSPS) is 32.7. The summed E-state index contributed by atoms with van der Waals surface area (Å²) in [6.45, 7) is 3.11. The van der Waals surface area contributed by atoms with Crippen LogP contribution in [0.4, 0.5) is 0 Å². The highest BCUT2D eigenvalue weighted by atomic mass is 16.5. The van der Waals surface area contributed by atoms with Crippen molar-refractivity contribution in [1.82, 2.24) is 9.80 Å². The maximum absolute atomic E-state index is 12.4. The van der Waals surface area contributed by atoms with Gasteiger partial charge in [0.25, 0.3) is 5.91 Å². The average molecular weight is 293 g/mol. The summed E-state index contributed by atoms with van der Waals surface area (Å²) in [4.78, 5) is 28.3. The lowest BCUT2D eigenvalue weighted by atomic mass is 10.1. The minimum atomic E-state index is -0.261. The van der Waals surface area contributed by atoms with Gasteiger partial charge in [-0.1, -0.05) is 12.2 Å². The molecular weight excluding hydrogens is 270 g/mol. The van der Waals surface area contributed by atoms with Crippen molar-refractivity contribution >= 4 is 11.8 Å². The summed E-state index contributed by atoms with van der Waals surface area (Å²) in [5.41, 5.74) is 5.80. The number of amides is 2. The Morgan fingerprint density at radius 1 is 1.05 bits per heavy atom. The summed E-state index contributed by atoms with van der Waals surface area (Å²) in [7, 11) is 0. The van der Waals surface area contributed by atoms with Crippen LogP contribution in [0.3, 0.4) is 0 Å². The maximum Gasteiger partial charge on any atom is 0.251 e. The van der Waals surface area contributed by atoms with Gasteiger partial charge in [-0.15, -0.1) is 0 Å². The molecule has 1 aliphatic carbocycles. The van der Waals surface area contributed by atoms with Gasteiger partial charge in [-0.05, 0) is 19.3 Å². The molecule has 6 nitrogen and oxygen atoms in total. The molecule has 0 bridgehead atoms. The van der Waals surface area contributed by atoms with Crippen LogP contribution in [0.25, 0.3) is 0 Å². The van der Waals surface area contributed by atoms with E-state index in [0.29, 0.717) is 39.2 Å². The molecule has 21 heavy (non-hydrogen) atoms. The van der Waals surface area contributed by atoms with Crippen molar-refractivity contribution in [3.8, 4) is 0 Å². The zero-order valence-electron chi connectivity index (χ0n) is 12.2. The van der Waals surface area contributed by atoms with Crippen LogP contribution in [0.15, 0.2) is 12.2 Å². The topological polar surface area (TPSA) is 75.9 Å². The second-order valence-electron chi connectivity index (χ2n) is 6.04. The number of hydrogen-bond donors (Lipinski definition) is 1. The summed E-state index contributed by atoms with van der Waals surface area (Å²) >= 11 is 0. The number of nitrogens with zero attached hydrogens (tertiary/aromatic N) is 2. The fourth-order valence-corrected chi connectivity index (χ4v) is 3.27. The van der Waals surface area contributed by atoms with Crippen LogP contribution in [-0.4, -0.2) is 66.5 Å². The van der Waals surface area contributed by atoms with E-state index < -0.39 is 0 Å². The molecular formula is C15H23N3O3. The predicted molar refractivity (Wildman–Crippen MR) is 77.4 cm³/mol. The van der Waals surface area contributed by atoms with Gasteiger partial charge in [0.05, 0.1) is 5.92 Å². The van der Waals surface area contributed by atoms with Crippen molar-refractivity contribution in [3.05, 3.63) is 12.2 Å². The molecule has 3 aliphatic rings. The highest BCUT2D eigenvalue weighted by molar-refractivity contribution is 5.83. The predicted octanol–water partition coefficient (Wildman–Crippen LogP) is -0.260. The maximum atomic E-state index is 12.4. The van der Waals surface area contributed by atoms with Gasteiger partial charge >= 0.3 is 0 Å². The van der Waals surface area contributed by atoms with E-state index in [1.807, 2.05) is 22.0 Å². The Kier molecular flexibility index (Phi) is 4.26. The SMILES string of the molecule is NC1C=CC(C(=O)N2CCN(C(=O)C3CCCO3)CC2)C1. The molecule has 0 radical (unpaired) electrons. The van der Waals surface area contributed by atoms with E-state index in [1.54, 1.807) is 0 Å². The molecule has 2 N–H and O–H groups in total. The van der Waals surface area contributed by atoms with E-state index in [9.17, 15) is 9.59 Å². The molecule has 0 aromatic heterocycles. The lowest BCUT2D eigenvalue weighted by Crippen LogP contribution is -2.53. The van der Waals surface area contributed by atoms with Crippen molar-refractivity contribution in [3.63, 3.8) is 0 Å². The lowest BCUT2D eigenvalue weighted by molar-refractivity contribution is -0.146. The van der Waals surface area contributed by atoms with Crippen LogP contribution in [-0.2, 0) is 14.3 Å². The molecule has 116 valence electrons. The van der Waals surface area contributed by atoms with Crippen LogP contribution in [0, 0.1) is 5.92 Å². The molecule has 3 rings (SSSR count). The van der Waals surface area contributed by atoms with Gasteiger partial charge in [-0.25, -0.2) is 0 Å². The standard InChI is InChI=1S/C15H23N3O3/c16-12-4-3-11(10-12)14(19)17-5-7-18(8-6-17)15(20)13-2-1-9-21-13/h3-4,11-13H,1-2,5-10,16H2. The van der Waals surface area contributed by atoms with Crippen LogP contribution >= 0.6 is 0 Å². The molecule has 0 saturated carbocycles. The zero-order valence-corrected chi connectivity index (χ0v) is 12.2. The first-order valence-corrected chi connectivity index (χ1v) is 7.78. The van der Waals surface area contributed by atoms with Crippen molar-refractivity contribution in [2.75, 3.05) is 32.8 Å². The fraction of sp³-hybridized carbons (Fsp3) is 0.733. The molecule has 2 fully saturated rings. The van der Waals surface area contributed by atoms with Crippen molar-refractivity contribution < 1.29 is 14.3 Å². The number of nitrogens with two attached hydrogens (primary N) is 1. The minimum Gasteiger partial charge on any atom is -0.368 e. The number of ether oxygens (including phenoxy) is 1. The molecule has 3 atom stereocenters. The van der Waals surface area contributed by atoms with Crippen molar-refractivity contribution in [1.29, 1.82) is 0 Å². The van der Waals surface area contributed by atoms with E-state index in [-0.39, 0.29) is 29.9 Å². The monoisotopic (exact) mass is 293 g/mol. The van der Waals surface area contributed by atoms with Gasteiger partial charge in [0.2, 0.25) is 5.91 Å². The second-order valence-corrected chi connectivity index (χ2v) is 6.04. The third kappa shape index (κ3) is 3.11. The molecule has 0 aromatic rings. The minimum absolute atomic E-state index is 0.00123. The Morgan fingerprint density at radius 2 is 1.71 bits per heavy atom. The Morgan fingerprint density at radius 3 is 2.24 bits per heavy atom. The molecule has 2 saturated heterocycles. The Labute approximate surface area is 124 Å². The Balaban J connectivity index is 1.49. The van der Waals surface area contributed by atoms with Gasteiger partial charge in [-0.3, -0.25) is 9.59 Å². The third-order valence-corrected chi connectivity index (χ3v) is 4.54. The summed E-state index contributed by atoms with van der Waals surface area (Å²) < 4.78 is 5.44. The van der Waals surface area contributed by atoms with E-state index >= 15 is 0 Å². The summed E-state index contributed by atoms with van der Waals surface area (Å²) in [5, 5.41) is 0. The first-order chi connectivity index (χ1) is 10.1. The van der Waals surface area contributed by atoms with Crippen LogP contribution in [0.1, 0.15) is 19.3 Å². The van der Waals surface area contributed by atoms with E-state index in [4.69, 9.17) is 10.5 Å². The number of carbonyl (C=O) groups excluding carboxylic acids is 2. The smallest absolute Gasteiger partial charge is 0.251 e. The highest BCUT2D eigenvalue weighted by Gasteiger charge is 2.33. The Hall–Kier alpha value is -1.40. The fourth-order valence-electron chi connectivity index (χ4n) is 3.27. The van der Waals surface area contributed by atoms with E-state index in [1.165, 1.54) is 0 Å². The van der Waals surface area contributed by atoms with Gasteiger partial charge in [0.15, 0.2) is 0 Å². The first kappa shape index (κ1) is 14.5. The second kappa shape index (κ2) is 6.15.